The summed E-state index contributed by atoms with van der Waals surface area (Å²) in [6, 6.07) is 0. The second-order valence-corrected chi connectivity index (χ2v) is 0.289. The molecule has 0 aliphatic heterocycles. The van der Waals surface area contributed by atoms with E-state index in [4.69, 9.17) is 15.3 Å². The van der Waals surface area contributed by atoms with Crippen molar-refractivity contribution in [1.29, 1.82) is 0 Å². The molecule has 0 radical (unpaired) electrons. The quantitative estimate of drug-likeness (QED) is 0.358. The fraction of sp³-hybridized carbons (Fsp3) is 1.00. The molecule has 0 bridgehead atoms. The summed E-state index contributed by atoms with van der Waals surface area (Å²) in [5.41, 5.74) is 0. The van der Waals surface area contributed by atoms with E-state index in [2.05, 4.69) is 0 Å². The van der Waals surface area contributed by atoms with Crippen molar-refractivity contribution in [1.82, 2.24) is 0 Å². The molecule has 0 rings (SSSR count). The van der Waals surface area contributed by atoms with Crippen molar-refractivity contribution in [3.8, 4) is 0 Å². The Morgan fingerprint density at radius 1 is 0.900 bits per heavy atom. The molecule has 0 aromatic rings. The van der Waals surface area contributed by atoms with Crippen molar-refractivity contribution < 1.29 is 126 Å². The Morgan fingerprint density at radius 2 is 0.900 bits per heavy atom. The van der Waals surface area contributed by atoms with Crippen LogP contribution < -0.4 is 126 Å². The topological polar surface area (TPSA) is 69.2 Å². The van der Waals surface area contributed by atoms with Gasteiger partial charge in [-0.25, -0.2) is 0 Å². The Hall–Kier alpha value is 3.52. The Labute approximate surface area is 150 Å². The van der Waals surface area contributed by atoms with E-state index in [1.165, 1.54) is 0 Å². The molecule has 0 aromatic heterocycles. The van der Waals surface area contributed by atoms with E-state index in [0.717, 1.165) is 14.2 Å². The van der Waals surface area contributed by atoms with E-state index < -0.39 is 0 Å². The average Bonchev–Trinajstić information content (AvgIpc) is 1.78. The summed E-state index contributed by atoms with van der Waals surface area (Å²) in [6.07, 6.45) is 0. The van der Waals surface area contributed by atoms with Crippen LogP contribution in [0.15, 0.2) is 0 Å². The molecule has 6 heteroatoms. The Balaban J connectivity index is -0.00000000536. The minimum Gasteiger partial charge on any atom is -0.857 e. The van der Waals surface area contributed by atoms with Gasteiger partial charge in [-0.15, -0.1) is 6.61 Å². The third-order valence-electron chi connectivity index (χ3n) is 0. The molecule has 0 saturated heterocycles. The van der Waals surface area contributed by atoms with Crippen LogP contribution in [0, 0.1) is 0 Å². The Morgan fingerprint density at radius 3 is 0.900 bits per heavy atom. The van der Waals surface area contributed by atoms with E-state index in [1.54, 1.807) is 6.92 Å². The second-order valence-electron chi connectivity index (χ2n) is 0.289. The van der Waals surface area contributed by atoms with Crippen LogP contribution >= 0.6 is 0 Å². The molecule has 0 fully saturated rings. The van der Waals surface area contributed by atoms with Crippen LogP contribution in [0.4, 0.5) is 0 Å². The van der Waals surface area contributed by atoms with Crippen LogP contribution in [0.5, 0.6) is 0 Å². The van der Waals surface area contributed by atoms with E-state index in [-0.39, 0.29) is 117 Å². The Kier molecular flexibility index (Phi) is 305. The second kappa shape index (κ2) is 81.4. The molecule has 0 aliphatic rings. The zero-order chi connectivity index (χ0) is 6.71. The molecule has 0 aliphatic carbocycles. The molecule has 0 atom stereocenters. The van der Waals surface area contributed by atoms with Crippen molar-refractivity contribution in [3.63, 3.8) is 0 Å². The van der Waals surface area contributed by atoms with Gasteiger partial charge in [0.1, 0.15) is 0 Å². The summed E-state index contributed by atoms with van der Waals surface area (Å²) >= 11 is 0. The zero-order valence-corrected chi connectivity index (χ0v) is 15.1. The first-order valence-electron chi connectivity index (χ1n) is 1.81. The normalized spacial score (nSPS) is 3.00. The maximum absolute atomic E-state index is 8.93. The maximum Gasteiger partial charge on any atom is 1.00 e. The van der Waals surface area contributed by atoms with E-state index in [9.17, 15) is 0 Å². The largest absolute Gasteiger partial charge is 1.00 e. The van der Waals surface area contributed by atoms with Gasteiger partial charge in [-0.05, 0) is 0 Å². The molecule has 48 valence electrons. The van der Waals surface area contributed by atoms with E-state index >= 15 is 0 Å². The smallest absolute Gasteiger partial charge is 0.857 e. The summed E-state index contributed by atoms with van der Waals surface area (Å²) in [5, 5.41) is 25.4. The van der Waals surface area contributed by atoms with Gasteiger partial charge in [-0.2, -0.15) is 14.2 Å². The van der Waals surface area contributed by atoms with Gasteiger partial charge in [0, 0.05) is 0 Å². The van der Waals surface area contributed by atoms with Crippen LogP contribution in [-0.4, -0.2) is 20.8 Å². The van der Waals surface area contributed by atoms with E-state index in [1.807, 2.05) is 0 Å². The fourth-order valence-electron chi connectivity index (χ4n) is 0. The van der Waals surface area contributed by atoms with Gasteiger partial charge in [0.2, 0.25) is 0 Å². The molecule has 0 unspecified atom stereocenters. The molecule has 0 amide bonds. The van der Waals surface area contributed by atoms with Gasteiger partial charge >= 0.3 is 110 Å². The molecule has 0 N–H and O–H groups in total. The third kappa shape index (κ3) is 103. The van der Waals surface area contributed by atoms with Crippen molar-refractivity contribution >= 4 is 0 Å². The molecule has 0 aromatic carbocycles. The maximum atomic E-state index is 8.93. The predicted molar refractivity (Wildman–Crippen MR) is 22.4 cm³/mol. The first-order valence-corrected chi connectivity index (χ1v) is 1.81. The predicted octanol–water partition coefficient (Wildman–Crippen LogP) is -11.7. The van der Waals surface area contributed by atoms with Gasteiger partial charge in [0.05, 0.1) is 0 Å². The third-order valence-corrected chi connectivity index (χ3v) is 0. The average molecular weight is 192 g/mol. The summed E-state index contributed by atoms with van der Waals surface area (Å²) < 4.78 is 0. The molecule has 10 heavy (non-hydrogen) atoms. The van der Waals surface area contributed by atoms with E-state index in [0.29, 0.717) is 0 Å². The molecular formula is C4H11KNa2O3. The number of hydrogen-bond acceptors (Lipinski definition) is 3. The summed E-state index contributed by atoms with van der Waals surface area (Å²) in [4.78, 5) is 0. The molecule has 0 saturated carbocycles. The first kappa shape index (κ1) is 37.5. The number of hydrogen-bond donors (Lipinski definition) is 0. The van der Waals surface area contributed by atoms with Crippen LogP contribution in [-0.2, 0) is 0 Å². The summed E-state index contributed by atoms with van der Waals surface area (Å²) in [7, 11) is 1.50. The van der Waals surface area contributed by atoms with Crippen molar-refractivity contribution in [2.75, 3.05) is 20.8 Å². The summed E-state index contributed by atoms with van der Waals surface area (Å²) in [5.74, 6) is 0. The minimum atomic E-state index is 0. The van der Waals surface area contributed by atoms with Crippen LogP contribution in [0.2, 0.25) is 0 Å². The zero-order valence-electron chi connectivity index (χ0n) is 7.93. The van der Waals surface area contributed by atoms with Crippen molar-refractivity contribution in [2.45, 2.75) is 6.92 Å². The number of rotatable bonds is 0. The fourth-order valence-corrected chi connectivity index (χ4v) is 0. The SMILES string of the molecule is CC[O-].C[O-].C[O-].[K+].[Na+].[Na+]. The van der Waals surface area contributed by atoms with Gasteiger partial charge in [0.25, 0.3) is 0 Å². The van der Waals surface area contributed by atoms with Crippen LogP contribution in [0.3, 0.4) is 0 Å². The van der Waals surface area contributed by atoms with Crippen LogP contribution in [0.25, 0.3) is 0 Å². The van der Waals surface area contributed by atoms with Gasteiger partial charge in [0.15, 0.2) is 0 Å². The molecular weight excluding hydrogens is 181 g/mol. The Bertz CT molecular complexity index is 18.5. The molecule has 0 heterocycles. The minimum absolute atomic E-state index is 0. The standard InChI is InChI=1S/C2H5O.2CH3O.K.2Na/c1-2-3;2*1-2;;;/h2H2,1H3;2*1H3;;;/q3*-1;3*+1. The van der Waals surface area contributed by atoms with Crippen LogP contribution in [0.1, 0.15) is 6.92 Å². The monoisotopic (exact) mass is 192 g/mol. The van der Waals surface area contributed by atoms with Gasteiger partial charge in [-0.1, -0.05) is 6.92 Å². The summed E-state index contributed by atoms with van der Waals surface area (Å²) in [6.45, 7) is 1.57. The molecule has 0 spiro atoms. The van der Waals surface area contributed by atoms with Crippen molar-refractivity contribution in [2.24, 2.45) is 0 Å². The van der Waals surface area contributed by atoms with Gasteiger partial charge < -0.3 is 15.3 Å². The van der Waals surface area contributed by atoms with Gasteiger partial charge in [-0.3, -0.25) is 0 Å². The van der Waals surface area contributed by atoms with Crippen molar-refractivity contribution in [3.05, 3.63) is 0 Å². The molecule has 3 nitrogen and oxygen atoms in total. The first-order chi connectivity index (χ1) is 3.41.